The molecule has 8 nitrogen and oxygen atoms in total. The van der Waals surface area contributed by atoms with Crippen LogP contribution in [0.4, 0.5) is 23.2 Å². The van der Waals surface area contributed by atoms with Crippen molar-refractivity contribution >= 4 is 21.3 Å². The van der Waals surface area contributed by atoms with Crippen LogP contribution in [0.1, 0.15) is 57.9 Å². The molecule has 1 aromatic carbocycles. The molecule has 1 fully saturated rings. The minimum atomic E-state index is -4.91. The lowest BCUT2D eigenvalue weighted by Gasteiger charge is -2.26. The zero-order valence-electron chi connectivity index (χ0n) is 20.1. The number of aromatic nitrogens is 3. The van der Waals surface area contributed by atoms with Crippen molar-refractivity contribution in [2.45, 2.75) is 50.1 Å². The Morgan fingerprint density at radius 3 is 2.46 bits per heavy atom. The number of anilines is 1. The largest absolute Gasteiger partial charge is 0.435 e. The topological polar surface area (TPSA) is 118 Å². The number of hydrogen-bond acceptors (Lipinski definition) is 7. The van der Waals surface area contributed by atoms with Crippen molar-refractivity contribution in [1.29, 1.82) is 4.78 Å². The molecule has 0 spiro atoms. The molecule has 0 radical (unpaired) electrons. The minimum absolute atomic E-state index is 0.0481. The molecule has 2 heterocycles. The first kappa shape index (κ1) is 26.5. The van der Waals surface area contributed by atoms with Crippen LogP contribution in [0.15, 0.2) is 35.2 Å². The van der Waals surface area contributed by atoms with Gasteiger partial charge < -0.3 is 10.1 Å². The standard InChI is InChI=1S/C24H23F4N5O3S/c1-12-10-17(14-6-4-7-14)20(25)31-22(12)36-23-18(13(2)19(32-33-23)24(26,27)28)21(34)30-15-8-5-9-16(11-15)37(3,29)35/h5,8-11,14,29H,4,6-7H2,1-3H3,(H,30,34). The summed E-state index contributed by atoms with van der Waals surface area (Å²) in [4.78, 5) is 17.1. The Bertz CT molecular complexity index is 1490. The van der Waals surface area contributed by atoms with E-state index in [1.54, 1.807) is 13.0 Å². The highest BCUT2D eigenvalue weighted by Crippen LogP contribution is 2.40. The Kier molecular flexibility index (Phi) is 6.93. The lowest BCUT2D eigenvalue weighted by atomic mass is 9.80. The fourth-order valence-corrected chi connectivity index (χ4v) is 4.60. The SMILES string of the molecule is Cc1cc(C2CCC2)c(F)nc1Oc1nnc(C(F)(F)F)c(C)c1C(=O)Nc1cccc(S(C)(=N)=O)c1. The van der Waals surface area contributed by atoms with E-state index in [9.17, 15) is 26.6 Å². The first-order valence-corrected chi connectivity index (χ1v) is 13.2. The molecule has 2 N–H and O–H groups in total. The number of nitrogens with zero attached hydrogens (tertiary/aromatic N) is 3. The van der Waals surface area contributed by atoms with Gasteiger partial charge in [-0.3, -0.25) is 4.79 Å². The van der Waals surface area contributed by atoms with Gasteiger partial charge in [0.25, 0.3) is 11.8 Å². The lowest BCUT2D eigenvalue weighted by molar-refractivity contribution is -0.142. The van der Waals surface area contributed by atoms with Gasteiger partial charge in [0.1, 0.15) is 5.56 Å². The Hall–Kier alpha value is -3.61. The highest BCUT2D eigenvalue weighted by atomic mass is 32.2. The molecule has 4 rings (SSSR count). The van der Waals surface area contributed by atoms with Gasteiger partial charge in [-0.05, 0) is 62.4 Å². The van der Waals surface area contributed by atoms with E-state index in [-0.39, 0.29) is 22.4 Å². The van der Waals surface area contributed by atoms with Crippen molar-refractivity contribution in [2.75, 3.05) is 11.6 Å². The molecule has 1 aliphatic rings. The number of rotatable bonds is 6. The van der Waals surface area contributed by atoms with Gasteiger partial charge in [0.05, 0.1) is 9.73 Å². The molecule has 37 heavy (non-hydrogen) atoms. The van der Waals surface area contributed by atoms with Crippen LogP contribution in [-0.4, -0.2) is 31.6 Å². The van der Waals surface area contributed by atoms with Gasteiger partial charge in [0.15, 0.2) is 5.69 Å². The van der Waals surface area contributed by atoms with E-state index in [0.717, 1.165) is 26.2 Å². The van der Waals surface area contributed by atoms with Gasteiger partial charge >= 0.3 is 6.18 Å². The molecule has 0 aliphatic heterocycles. The fourth-order valence-electron chi connectivity index (χ4n) is 3.91. The second-order valence-electron chi connectivity index (χ2n) is 8.90. The first-order valence-electron chi connectivity index (χ1n) is 11.2. The van der Waals surface area contributed by atoms with Gasteiger partial charge in [0.2, 0.25) is 11.8 Å². The third-order valence-corrected chi connectivity index (χ3v) is 7.26. The fraction of sp³-hybridized carbons (Fsp3) is 0.333. The maximum Gasteiger partial charge on any atom is 0.435 e. The second-order valence-corrected chi connectivity index (χ2v) is 11.1. The van der Waals surface area contributed by atoms with Crippen LogP contribution in [0, 0.1) is 24.6 Å². The van der Waals surface area contributed by atoms with Gasteiger partial charge in [-0.2, -0.15) is 22.5 Å². The van der Waals surface area contributed by atoms with Crippen LogP contribution >= 0.6 is 0 Å². The smallest absolute Gasteiger partial charge is 0.418 e. The first-order chi connectivity index (χ1) is 17.3. The molecule has 196 valence electrons. The number of aryl methyl sites for hydroxylation is 1. The van der Waals surface area contributed by atoms with Crippen molar-refractivity contribution < 1.29 is 31.3 Å². The summed E-state index contributed by atoms with van der Waals surface area (Å²) in [7, 11) is -3.12. The van der Waals surface area contributed by atoms with Crippen molar-refractivity contribution in [3.63, 3.8) is 0 Å². The van der Waals surface area contributed by atoms with E-state index in [2.05, 4.69) is 20.5 Å². The van der Waals surface area contributed by atoms with Crippen molar-refractivity contribution in [1.82, 2.24) is 15.2 Å². The van der Waals surface area contributed by atoms with Crippen LogP contribution in [0.5, 0.6) is 11.8 Å². The number of ether oxygens (including phenoxy) is 1. The predicted octanol–water partition coefficient (Wildman–Crippen LogP) is 5.99. The van der Waals surface area contributed by atoms with Crippen LogP contribution in [-0.2, 0) is 15.9 Å². The Morgan fingerprint density at radius 1 is 1.16 bits per heavy atom. The summed E-state index contributed by atoms with van der Waals surface area (Å²) in [5.41, 5.74) is -1.60. The van der Waals surface area contributed by atoms with Gasteiger partial charge in [-0.15, -0.1) is 10.2 Å². The summed E-state index contributed by atoms with van der Waals surface area (Å²) < 4.78 is 80.7. The van der Waals surface area contributed by atoms with E-state index in [4.69, 9.17) is 9.52 Å². The van der Waals surface area contributed by atoms with Crippen LogP contribution in [0.3, 0.4) is 0 Å². The minimum Gasteiger partial charge on any atom is -0.418 e. The van der Waals surface area contributed by atoms with E-state index in [1.807, 2.05) is 0 Å². The third kappa shape index (κ3) is 5.55. The molecule has 2 aromatic heterocycles. The molecule has 1 saturated carbocycles. The maximum absolute atomic E-state index is 14.7. The zero-order chi connectivity index (χ0) is 27.1. The Morgan fingerprint density at radius 2 is 1.86 bits per heavy atom. The average Bonchev–Trinajstić information content (AvgIpc) is 2.74. The van der Waals surface area contributed by atoms with Gasteiger partial charge in [0, 0.05) is 28.0 Å². The molecule has 1 aliphatic carbocycles. The highest BCUT2D eigenvalue weighted by molar-refractivity contribution is 7.91. The van der Waals surface area contributed by atoms with Crippen molar-refractivity contribution in [3.8, 4) is 11.8 Å². The van der Waals surface area contributed by atoms with E-state index < -0.39 is 50.5 Å². The average molecular weight is 538 g/mol. The summed E-state index contributed by atoms with van der Waals surface area (Å²) >= 11 is 0. The predicted molar refractivity (Wildman–Crippen MR) is 127 cm³/mol. The second kappa shape index (κ2) is 9.69. The molecule has 1 unspecified atom stereocenters. The van der Waals surface area contributed by atoms with E-state index in [1.165, 1.54) is 30.5 Å². The molecule has 3 aromatic rings. The third-order valence-electron chi connectivity index (χ3n) is 6.11. The summed E-state index contributed by atoms with van der Waals surface area (Å²) in [6, 6.07) is 7.14. The lowest BCUT2D eigenvalue weighted by Crippen LogP contribution is -2.21. The number of hydrogen-bond donors (Lipinski definition) is 2. The number of alkyl halides is 3. The monoisotopic (exact) mass is 537 g/mol. The van der Waals surface area contributed by atoms with Gasteiger partial charge in [-0.25, -0.2) is 8.99 Å². The normalized spacial score (nSPS) is 15.5. The number of benzene rings is 1. The summed E-state index contributed by atoms with van der Waals surface area (Å²) in [6.07, 6.45) is -1.06. The number of amides is 1. The Labute approximate surface area is 210 Å². The molecular weight excluding hydrogens is 514 g/mol. The number of pyridine rings is 1. The van der Waals surface area contributed by atoms with E-state index >= 15 is 0 Å². The van der Waals surface area contributed by atoms with Gasteiger partial charge in [-0.1, -0.05) is 12.5 Å². The molecule has 13 heteroatoms. The molecule has 0 bridgehead atoms. The maximum atomic E-state index is 14.7. The quantitative estimate of drug-likeness (QED) is 0.294. The number of nitrogens with one attached hydrogen (secondary N) is 2. The molecule has 0 saturated heterocycles. The van der Waals surface area contributed by atoms with Crippen LogP contribution in [0.25, 0.3) is 0 Å². The van der Waals surface area contributed by atoms with Crippen molar-refractivity contribution in [2.24, 2.45) is 0 Å². The molecule has 1 atom stereocenters. The Balaban J connectivity index is 1.75. The highest BCUT2D eigenvalue weighted by Gasteiger charge is 2.38. The molecular formula is C24H23F4N5O3S. The van der Waals surface area contributed by atoms with Crippen LogP contribution in [0.2, 0.25) is 0 Å². The number of carbonyl (C=O) groups is 1. The number of carbonyl (C=O) groups excluding carboxylic acids is 1. The van der Waals surface area contributed by atoms with Crippen molar-refractivity contribution in [3.05, 3.63) is 64.2 Å². The van der Waals surface area contributed by atoms with Crippen LogP contribution < -0.4 is 10.1 Å². The van der Waals surface area contributed by atoms with E-state index in [0.29, 0.717) is 11.1 Å². The summed E-state index contributed by atoms with van der Waals surface area (Å²) in [5.74, 6) is -2.59. The summed E-state index contributed by atoms with van der Waals surface area (Å²) in [5, 5.41) is 9.11. The molecule has 1 amide bonds. The summed E-state index contributed by atoms with van der Waals surface area (Å²) in [6.45, 7) is 2.64. The zero-order valence-corrected chi connectivity index (χ0v) is 20.9. The number of halogens is 4.